The number of amides is 2. The monoisotopic (exact) mass is 325 g/mol. The number of halogens is 3. The van der Waals surface area contributed by atoms with E-state index >= 15 is 0 Å². The standard InChI is InChI=1S/C13H10F3N5O2/c14-13(15,16)7-3-1-2-4-8(7)19-10(22)5-9-11(23)20-12-17-6-18-21(9)12/h1-4,6,9H,5H2,(H,19,22)(H,17,18,20,23). The van der Waals surface area contributed by atoms with Gasteiger partial charge < -0.3 is 5.32 Å². The van der Waals surface area contributed by atoms with Gasteiger partial charge in [-0.2, -0.15) is 23.3 Å². The highest BCUT2D eigenvalue weighted by Gasteiger charge is 2.36. The largest absolute Gasteiger partial charge is 0.418 e. The van der Waals surface area contributed by atoms with Crippen LogP contribution in [0.2, 0.25) is 0 Å². The quantitative estimate of drug-likeness (QED) is 0.901. The van der Waals surface area contributed by atoms with Gasteiger partial charge >= 0.3 is 6.18 Å². The fourth-order valence-corrected chi connectivity index (χ4v) is 2.27. The van der Waals surface area contributed by atoms with Crippen LogP contribution in [0.3, 0.4) is 0 Å². The number of nitrogens with one attached hydrogen (secondary N) is 2. The SMILES string of the molecule is O=C(CC1C(=O)Nc2ncnn21)Nc1ccccc1C(F)(F)F. The van der Waals surface area contributed by atoms with Gasteiger partial charge in [-0.05, 0) is 12.1 Å². The number of benzene rings is 1. The lowest BCUT2D eigenvalue weighted by molar-refractivity contribution is -0.137. The van der Waals surface area contributed by atoms with Crippen LogP contribution < -0.4 is 10.6 Å². The van der Waals surface area contributed by atoms with Gasteiger partial charge in [-0.25, -0.2) is 4.68 Å². The van der Waals surface area contributed by atoms with E-state index in [0.717, 1.165) is 12.1 Å². The molecule has 120 valence electrons. The fraction of sp³-hybridized carbons (Fsp3) is 0.231. The first-order valence-electron chi connectivity index (χ1n) is 6.52. The summed E-state index contributed by atoms with van der Waals surface area (Å²) < 4.78 is 39.9. The third kappa shape index (κ3) is 2.87. The van der Waals surface area contributed by atoms with Gasteiger partial charge in [0, 0.05) is 0 Å². The van der Waals surface area contributed by atoms with Crippen LogP contribution in [0.25, 0.3) is 0 Å². The smallest absolute Gasteiger partial charge is 0.325 e. The second-order valence-corrected chi connectivity index (χ2v) is 4.83. The summed E-state index contributed by atoms with van der Waals surface area (Å²) >= 11 is 0. The Balaban J connectivity index is 1.75. The van der Waals surface area contributed by atoms with Crippen LogP contribution in [0.4, 0.5) is 24.8 Å². The van der Waals surface area contributed by atoms with Crippen molar-refractivity contribution in [2.75, 3.05) is 10.6 Å². The van der Waals surface area contributed by atoms with Crippen molar-refractivity contribution in [3.63, 3.8) is 0 Å². The van der Waals surface area contributed by atoms with Crippen LogP contribution in [0.5, 0.6) is 0 Å². The maximum absolute atomic E-state index is 12.9. The molecule has 0 bridgehead atoms. The molecule has 2 amide bonds. The van der Waals surface area contributed by atoms with Crippen LogP contribution in [0.15, 0.2) is 30.6 Å². The highest BCUT2D eigenvalue weighted by atomic mass is 19.4. The number of carbonyl (C=O) groups is 2. The lowest BCUT2D eigenvalue weighted by Gasteiger charge is -2.14. The molecular formula is C13H10F3N5O2. The van der Waals surface area contributed by atoms with Crippen LogP contribution in [-0.2, 0) is 15.8 Å². The number of aromatic nitrogens is 3. The minimum absolute atomic E-state index is 0.198. The molecular weight excluding hydrogens is 315 g/mol. The van der Waals surface area contributed by atoms with Crippen molar-refractivity contribution >= 4 is 23.5 Å². The molecule has 3 rings (SSSR count). The van der Waals surface area contributed by atoms with E-state index in [9.17, 15) is 22.8 Å². The topological polar surface area (TPSA) is 88.9 Å². The summed E-state index contributed by atoms with van der Waals surface area (Å²) in [6, 6.07) is 3.68. The van der Waals surface area contributed by atoms with Gasteiger partial charge in [0.1, 0.15) is 12.4 Å². The number of anilines is 2. The summed E-state index contributed by atoms with van der Waals surface area (Å²) in [5.74, 6) is -1.02. The lowest BCUT2D eigenvalue weighted by atomic mass is 10.1. The van der Waals surface area contributed by atoms with E-state index in [2.05, 4.69) is 20.7 Å². The van der Waals surface area contributed by atoms with E-state index in [1.165, 1.54) is 23.1 Å². The molecule has 0 radical (unpaired) electrons. The normalized spacial score (nSPS) is 16.8. The van der Waals surface area contributed by atoms with Crippen LogP contribution in [-0.4, -0.2) is 26.6 Å². The zero-order chi connectivity index (χ0) is 16.6. The number of hydrogen-bond acceptors (Lipinski definition) is 4. The predicted octanol–water partition coefficient (Wildman–Crippen LogP) is 1.82. The zero-order valence-electron chi connectivity index (χ0n) is 11.5. The summed E-state index contributed by atoms with van der Waals surface area (Å²) in [5, 5.41) is 8.42. The maximum atomic E-state index is 12.9. The molecule has 2 heterocycles. The summed E-state index contributed by atoms with van der Waals surface area (Å²) in [4.78, 5) is 27.5. The molecule has 2 N–H and O–H groups in total. The Hall–Kier alpha value is -2.91. The van der Waals surface area contributed by atoms with Gasteiger partial charge in [-0.3, -0.25) is 14.9 Å². The van der Waals surface area contributed by atoms with Gasteiger partial charge in [-0.1, -0.05) is 12.1 Å². The Morgan fingerprint density at radius 1 is 1.35 bits per heavy atom. The molecule has 1 atom stereocenters. The molecule has 0 saturated carbocycles. The summed E-state index contributed by atoms with van der Waals surface area (Å²) in [6.45, 7) is 0. The second kappa shape index (κ2) is 5.38. The number of fused-ring (bicyclic) bond motifs is 1. The van der Waals surface area contributed by atoms with Gasteiger partial charge in [0.25, 0.3) is 5.91 Å². The molecule has 1 aromatic carbocycles. The van der Waals surface area contributed by atoms with E-state index in [1.54, 1.807) is 0 Å². The minimum Gasteiger partial charge on any atom is -0.325 e. The van der Waals surface area contributed by atoms with Crippen LogP contribution >= 0.6 is 0 Å². The Kier molecular flexibility index (Phi) is 3.51. The Morgan fingerprint density at radius 2 is 2.09 bits per heavy atom. The van der Waals surface area contributed by atoms with Gasteiger partial charge in [-0.15, -0.1) is 0 Å². The summed E-state index contributed by atoms with van der Waals surface area (Å²) in [7, 11) is 0. The van der Waals surface area contributed by atoms with Crippen molar-refractivity contribution in [2.24, 2.45) is 0 Å². The molecule has 0 saturated heterocycles. The second-order valence-electron chi connectivity index (χ2n) is 4.83. The van der Waals surface area contributed by atoms with Crippen molar-refractivity contribution in [2.45, 2.75) is 18.6 Å². The third-order valence-electron chi connectivity index (χ3n) is 3.29. The highest BCUT2D eigenvalue weighted by molar-refractivity contribution is 6.01. The number of rotatable bonds is 3. The first-order chi connectivity index (χ1) is 10.9. The van der Waals surface area contributed by atoms with Crippen LogP contribution in [0, 0.1) is 0 Å². The molecule has 23 heavy (non-hydrogen) atoms. The number of hydrogen-bond donors (Lipinski definition) is 2. The van der Waals surface area contributed by atoms with E-state index in [1.807, 2.05) is 0 Å². The van der Waals surface area contributed by atoms with E-state index in [4.69, 9.17) is 0 Å². The molecule has 1 aliphatic heterocycles. The highest BCUT2D eigenvalue weighted by Crippen LogP contribution is 2.35. The van der Waals surface area contributed by atoms with Gasteiger partial charge in [0.05, 0.1) is 17.7 Å². The average Bonchev–Trinajstić information content (AvgIpc) is 3.01. The van der Waals surface area contributed by atoms with Crippen molar-refractivity contribution in [3.05, 3.63) is 36.2 Å². The molecule has 2 aromatic rings. The predicted molar refractivity (Wildman–Crippen MR) is 72.4 cm³/mol. The maximum Gasteiger partial charge on any atom is 0.418 e. The summed E-state index contributed by atoms with van der Waals surface area (Å²) in [5.41, 5.74) is -1.31. The minimum atomic E-state index is -4.59. The molecule has 1 aromatic heterocycles. The number of alkyl halides is 3. The first kappa shape index (κ1) is 15.0. The third-order valence-corrected chi connectivity index (χ3v) is 3.29. The molecule has 0 fully saturated rings. The zero-order valence-corrected chi connectivity index (χ0v) is 11.5. The molecule has 7 nitrogen and oxygen atoms in total. The van der Waals surface area contributed by atoms with E-state index in [-0.39, 0.29) is 18.1 Å². The van der Waals surface area contributed by atoms with E-state index < -0.39 is 29.6 Å². The fourth-order valence-electron chi connectivity index (χ4n) is 2.27. The average molecular weight is 325 g/mol. The molecule has 1 unspecified atom stereocenters. The lowest BCUT2D eigenvalue weighted by Crippen LogP contribution is -2.24. The van der Waals surface area contributed by atoms with Crippen LogP contribution in [0.1, 0.15) is 18.0 Å². The summed E-state index contributed by atoms with van der Waals surface area (Å²) in [6.07, 6.45) is -3.74. The number of nitrogens with zero attached hydrogens (tertiary/aromatic N) is 3. The van der Waals surface area contributed by atoms with E-state index in [0.29, 0.717) is 0 Å². The Bertz CT molecular complexity index is 771. The van der Waals surface area contributed by atoms with Crippen molar-refractivity contribution in [1.82, 2.24) is 14.8 Å². The van der Waals surface area contributed by atoms with Gasteiger partial charge in [0.2, 0.25) is 11.9 Å². The van der Waals surface area contributed by atoms with Crippen molar-refractivity contribution in [3.8, 4) is 0 Å². The molecule has 10 heteroatoms. The van der Waals surface area contributed by atoms with Crippen molar-refractivity contribution < 1.29 is 22.8 Å². The van der Waals surface area contributed by atoms with Crippen molar-refractivity contribution in [1.29, 1.82) is 0 Å². The van der Waals surface area contributed by atoms with Gasteiger partial charge in [0.15, 0.2) is 0 Å². The number of para-hydroxylation sites is 1. The Morgan fingerprint density at radius 3 is 2.83 bits per heavy atom. The Labute approximate surface area is 127 Å². The molecule has 0 aliphatic carbocycles. The first-order valence-corrected chi connectivity index (χ1v) is 6.52. The number of carbonyl (C=O) groups excluding carboxylic acids is 2. The molecule has 0 spiro atoms. The molecule has 1 aliphatic rings.